The predicted octanol–water partition coefficient (Wildman–Crippen LogP) is 3.74. The first-order valence-corrected chi connectivity index (χ1v) is 8.88. The van der Waals surface area contributed by atoms with E-state index in [0.29, 0.717) is 38.0 Å². The Hall–Kier alpha value is -2.38. The van der Waals surface area contributed by atoms with Crippen molar-refractivity contribution < 1.29 is 9.53 Å². The normalized spacial score (nSPS) is 10.8. The molecule has 0 radical (unpaired) electrons. The first-order chi connectivity index (χ1) is 12.0. The molecule has 25 heavy (non-hydrogen) atoms. The van der Waals surface area contributed by atoms with Gasteiger partial charge in [0.05, 0.1) is 18.5 Å². The summed E-state index contributed by atoms with van der Waals surface area (Å²) in [4.78, 5) is 32.5. The number of anilines is 1. The Morgan fingerprint density at radius 3 is 2.76 bits per heavy atom. The van der Waals surface area contributed by atoms with E-state index in [2.05, 4.69) is 15.3 Å². The molecule has 0 aliphatic carbocycles. The van der Waals surface area contributed by atoms with Crippen molar-refractivity contribution in [1.82, 2.24) is 9.97 Å². The Kier molecular flexibility index (Phi) is 5.06. The van der Waals surface area contributed by atoms with Crippen molar-refractivity contribution >= 4 is 44.8 Å². The fourth-order valence-corrected chi connectivity index (χ4v) is 3.64. The van der Waals surface area contributed by atoms with Gasteiger partial charge in [0.1, 0.15) is 15.5 Å². The largest absolute Gasteiger partial charge is 0.462 e. The minimum Gasteiger partial charge on any atom is -0.462 e. The van der Waals surface area contributed by atoms with Crippen LogP contribution in [0.3, 0.4) is 0 Å². The highest BCUT2D eigenvalue weighted by atomic mass is 35.5. The zero-order valence-corrected chi connectivity index (χ0v) is 15.3. The highest BCUT2D eigenvalue weighted by Gasteiger charge is 2.20. The molecule has 2 aromatic heterocycles. The van der Waals surface area contributed by atoms with E-state index in [0.717, 1.165) is 5.69 Å². The Labute approximate surface area is 152 Å². The number of rotatable bonds is 5. The number of halogens is 1. The summed E-state index contributed by atoms with van der Waals surface area (Å²) in [5, 5.41) is 4.25. The molecule has 0 aliphatic heterocycles. The maximum atomic E-state index is 12.4. The molecule has 2 heterocycles. The second kappa shape index (κ2) is 7.25. The summed E-state index contributed by atoms with van der Waals surface area (Å²) in [7, 11) is 0. The van der Waals surface area contributed by atoms with Gasteiger partial charge in [-0.05, 0) is 43.7 Å². The first-order valence-electron chi connectivity index (χ1n) is 7.68. The molecule has 0 aliphatic rings. The molecule has 6 nitrogen and oxygen atoms in total. The van der Waals surface area contributed by atoms with Gasteiger partial charge in [-0.25, -0.2) is 9.78 Å². The third kappa shape index (κ3) is 3.67. The summed E-state index contributed by atoms with van der Waals surface area (Å²) in [6, 6.07) is 7.23. The Balaban J connectivity index is 1.89. The van der Waals surface area contributed by atoms with Crippen LogP contribution in [0.25, 0.3) is 10.2 Å². The van der Waals surface area contributed by atoms with Crippen LogP contribution in [0.1, 0.15) is 28.0 Å². The van der Waals surface area contributed by atoms with Crippen LogP contribution in [0, 0.1) is 6.92 Å². The highest BCUT2D eigenvalue weighted by molar-refractivity contribution is 7.20. The molecule has 0 saturated heterocycles. The van der Waals surface area contributed by atoms with E-state index in [9.17, 15) is 9.59 Å². The first kappa shape index (κ1) is 17.4. The van der Waals surface area contributed by atoms with E-state index in [1.54, 1.807) is 26.0 Å². The quantitative estimate of drug-likeness (QED) is 0.662. The third-order valence-corrected chi connectivity index (χ3v) is 5.03. The minimum absolute atomic E-state index is 0.262. The third-order valence-electron chi connectivity index (χ3n) is 3.61. The van der Waals surface area contributed by atoms with Crippen LogP contribution in [0.15, 0.2) is 29.1 Å². The SMILES string of the molecule is CCOC(=O)c1sc2nc(CNc3ccc(Cl)cc3)[nH]c(=O)c2c1C. The van der Waals surface area contributed by atoms with Crippen molar-refractivity contribution in [3.8, 4) is 0 Å². The molecule has 0 atom stereocenters. The Morgan fingerprint density at radius 2 is 2.08 bits per heavy atom. The van der Waals surface area contributed by atoms with Crippen molar-refractivity contribution in [3.63, 3.8) is 0 Å². The number of hydrogen-bond acceptors (Lipinski definition) is 6. The Morgan fingerprint density at radius 1 is 1.36 bits per heavy atom. The van der Waals surface area contributed by atoms with Gasteiger partial charge in [-0.1, -0.05) is 11.6 Å². The molecule has 0 unspecified atom stereocenters. The summed E-state index contributed by atoms with van der Waals surface area (Å²) in [6.07, 6.45) is 0. The molecule has 3 rings (SSSR count). The van der Waals surface area contributed by atoms with Crippen LogP contribution in [0.2, 0.25) is 5.02 Å². The van der Waals surface area contributed by atoms with Gasteiger partial charge in [0.15, 0.2) is 0 Å². The van der Waals surface area contributed by atoms with E-state index < -0.39 is 5.97 Å². The number of aryl methyl sites for hydroxylation is 1. The van der Waals surface area contributed by atoms with E-state index >= 15 is 0 Å². The number of aromatic amines is 1. The summed E-state index contributed by atoms with van der Waals surface area (Å²) >= 11 is 7.03. The molecule has 130 valence electrons. The summed E-state index contributed by atoms with van der Waals surface area (Å²) < 4.78 is 5.03. The summed E-state index contributed by atoms with van der Waals surface area (Å²) in [5.41, 5.74) is 1.20. The fourth-order valence-electron chi connectivity index (χ4n) is 2.42. The van der Waals surface area contributed by atoms with Crippen LogP contribution >= 0.6 is 22.9 Å². The van der Waals surface area contributed by atoms with Gasteiger partial charge in [-0.15, -0.1) is 11.3 Å². The lowest BCUT2D eigenvalue weighted by Gasteiger charge is -2.06. The Bertz CT molecular complexity index is 979. The van der Waals surface area contributed by atoms with Gasteiger partial charge in [-0.3, -0.25) is 4.79 Å². The van der Waals surface area contributed by atoms with E-state index in [-0.39, 0.29) is 12.2 Å². The second-order valence-corrected chi connectivity index (χ2v) is 6.77. The number of carbonyl (C=O) groups is 1. The molecule has 0 fully saturated rings. The molecule has 0 bridgehead atoms. The average molecular weight is 378 g/mol. The number of aromatic nitrogens is 2. The molecule has 0 amide bonds. The van der Waals surface area contributed by atoms with Gasteiger partial charge in [-0.2, -0.15) is 0 Å². The molecular weight excluding hydrogens is 362 g/mol. The molecule has 3 aromatic rings. The predicted molar refractivity (Wildman–Crippen MR) is 99.7 cm³/mol. The standard InChI is InChI=1S/C17H16ClN3O3S/c1-3-24-17(23)14-9(2)13-15(22)20-12(21-16(13)25-14)8-19-11-6-4-10(18)5-7-11/h4-7,19H,3,8H2,1-2H3,(H,20,21,22). The van der Waals surface area contributed by atoms with Gasteiger partial charge < -0.3 is 15.0 Å². The van der Waals surface area contributed by atoms with Crippen LogP contribution in [-0.2, 0) is 11.3 Å². The average Bonchev–Trinajstić information content (AvgIpc) is 2.92. The number of thiophene rings is 1. The minimum atomic E-state index is -0.428. The maximum absolute atomic E-state index is 12.4. The number of nitrogens with zero attached hydrogens (tertiary/aromatic N) is 1. The topological polar surface area (TPSA) is 84.1 Å². The molecule has 2 N–H and O–H groups in total. The van der Waals surface area contributed by atoms with E-state index in [1.165, 1.54) is 11.3 Å². The molecule has 0 saturated carbocycles. The van der Waals surface area contributed by atoms with Gasteiger partial charge in [0.25, 0.3) is 5.56 Å². The lowest BCUT2D eigenvalue weighted by atomic mass is 10.2. The number of nitrogens with one attached hydrogen (secondary N) is 2. The molecular formula is C17H16ClN3O3S. The van der Waals surface area contributed by atoms with Crippen LogP contribution in [-0.4, -0.2) is 22.5 Å². The number of fused-ring (bicyclic) bond motifs is 1. The molecule has 1 aromatic carbocycles. The van der Waals surface area contributed by atoms with E-state index in [4.69, 9.17) is 16.3 Å². The number of benzene rings is 1. The maximum Gasteiger partial charge on any atom is 0.348 e. The zero-order valence-electron chi connectivity index (χ0n) is 13.7. The van der Waals surface area contributed by atoms with Crippen LogP contribution < -0.4 is 10.9 Å². The van der Waals surface area contributed by atoms with Crippen molar-refractivity contribution in [2.24, 2.45) is 0 Å². The molecule has 0 spiro atoms. The number of H-pyrrole nitrogens is 1. The second-order valence-electron chi connectivity index (χ2n) is 5.33. The zero-order chi connectivity index (χ0) is 18.0. The van der Waals surface area contributed by atoms with Crippen molar-refractivity contribution in [2.45, 2.75) is 20.4 Å². The summed E-state index contributed by atoms with van der Waals surface area (Å²) in [5.74, 6) is 0.0624. The van der Waals surface area contributed by atoms with Gasteiger partial charge >= 0.3 is 5.97 Å². The smallest absolute Gasteiger partial charge is 0.348 e. The lowest BCUT2D eigenvalue weighted by Crippen LogP contribution is -2.14. The number of ether oxygens (including phenoxy) is 1. The van der Waals surface area contributed by atoms with Gasteiger partial charge in [0.2, 0.25) is 0 Å². The van der Waals surface area contributed by atoms with Crippen molar-refractivity contribution in [1.29, 1.82) is 0 Å². The van der Waals surface area contributed by atoms with E-state index in [1.807, 2.05) is 12.1 Å². The molecule has 8 heteroatoms. The number of esters is 1. The fraction of sp³-hybridized carbons (Fsp3) is 0.235. The highest BCUT2D eigenvalue weighted by Crippen LogP contribution is 2.27. The summed E-state index contributed by atoms with van der Waals surface area (Å²) in [6.45, 7) is 4.10. The number of carbonyl (C=O) groups excluding carboxylic acids is 1. The lowest BCUT2D eigenvalue weighted by molar-refractivity contribution is 0.0531. The number of hydrogen-bond donors (Lipinski definition) is 2. The monoisotopic (exact) mass is 377 g/mol. The van der Waals surface area contributed by atoms with Crippen molar-refractivity contribution in [3.05, 3.63) is 55.9 Å². The van der Waals surface area contributed by atoms with Crippen molar-refractivity contribution in [2.75, 3.05) is 11.9 Å². The van der Waals surface area contributed by atoms with Crippen LogP contribution in [0.4, 0.5) is 5.69 Å². The van der Waals surface area contributed by atoms with Crippen LogP contribution in [0.5, 0.6) is 0 Å². The van der Waals surface area contributed by atoms with Gasteiger partial charge in [0, 0.05) is 10.7 Å².